The highest BCUT2D eigenvalue weighted by molar-refractivity contribution is 6.02. The van der Waals surface area contributed by atoms with E-state index in [1.165, 1.54) is 0 Å². The van der Waals surface area contributed by atoms with E-state index in [9.17, 15) is 4.79 Å². The molecule has 0 spiro atoms. The van der Waals surface area contributed by atoms with Crippen LogP contribution in [-0.4, -0.2) is 9.97 Å². The highest BCUT2D eigenvalue weighted by Gasteiger charge is 2.04. The number of aromatic amines is 1. The fraction of sp³-hybridized carbons (Fsp3) is 0.200. The number of hydrogen-bond donors (Lipinski definition) is 1. The number of H-pyrrole nitrogens is 1. The molecule has 2 aromatic heterocycles. The average Bonchev–Trinajstić information content (AvgIpc) is 2.41. The molecule has 0 saturated heterocycles. The minimum atomic E-state index is -0.0597. The maximum atomic E-state index is 11.8. The summed E-state index contributed by atoms with van der Waals surface area (Å²) in [7, 11) is 0. The van der Waals surface area contributed by atoms with Crippen molar-refractivity contribution >= 4 is 21.8 Å². The first kappa shape index (κ1) is 12.3. The number of nitrogens with one attached hydrogen (secondary N) is 1. The minimum Gasteiger partial charge on any atom is -0.320 e. The van der Waals surface area contributed by atoms with Gasteiger partial charge in [0, 0.05) is 17.0 Å². The summed E-state index contributed by atoms with van der Waals surface area (Å²) in [6.07, 6.45) is 1.81. The van der Waals surface area contributed by atoms with Crippen molar-refractivity contribution < 1.29 is 0 Å². The molecule has 92 valence electrons. The van der Waals surface area contributed by atoms with Crippen LogP contribution in [0, 0.1) is 6.92 Å². The second kappa shape index (κ2) is 5.00. The molecule has 3 nitrogen and oxygen atoms in total. The van der Waals surface area contributed by atoms with Crippen LogP contribution in [0.25, 0.3) is 21.8 Å². The predicted molar refractivity (Wildman–Crippen MR) is 76.0 cm³/mol. The van der Waals surface area contributed by atoms with Crippen LogP contribution < -0.4 is 5.56 Å². The quantitative estimate of drug-likeness (QED) is 0.612. The highest BCUT2D eigenvalue weighted by atomic mass is 16.1. The first-order chi connectivity index (χ1) is 8.75. The maximum Gasteiger partial charge on any atom is 0.256 e. The Morgan fingerprint density at radius 3 is 2.50 bits per heavy atom. The Bertz CT molecular complexity index is 744. The number of fused-ring (bicyclic) bond motifs is 3. The van der Waals surface area contributed by atoms with E-state index < -0.39 is 0 Å². The molecule has 3 heteroatoms. The summed E-state index contributed by atoms with van der Waals surface area (Å²) in [5.74, 6) is 0. The molecule has 0 fully saturated rings. The zero-order valence-corrected chi connectivity index (χ0v) is 10.8. The van der Waals surface area contributed by atoms with E-state index in [1.807, 2.05) is 57.3 Å². The van der Waals surface area contributed by atoms with E-state index in [-0.39, 0.29) is 5.56 Å². The first-order valence-corrected chi connectivity index (χ1v) is 6.13. The van der Waals surface area contributed by atoms with Crippen LogP contribution in [0.2, 0.25) is 0 Å². The van der Waals surface area contributed by atoms with Crippen molar-refractivity contribution in [3.63, 3.8) is 0 Å². The number of nitrogens with zero attached hydrogens (tertiary/aromatic N) is 1. The van der Waals surface area contributed by atoms with Crippen molar-refractivity contribution in [1.82, 2.24) is 9.97 Å². The van der Waals surface area contributed by atoms with Crippen molar-refractivity contribution in [1.29, 1.82) is 0 Å². The highest BCUT2D eigenvalue weighted by Crippen LogP contribution is 2.18. The largest absolute Gasteiger partial charge is 0.320 e. The average molecular weight is 240 g/mol. The van der Waals surface area contributed by atoms with Crippen molar-refractivity contribution in [3.05, 3.63) is 52.4 Å². The number of benzene rings is 1. The topological polar surface area (TPSA) is 45.8 Å². The maximum absolute atomic E-state index is 11.8. The van der Waals surface area contributed by atoms with E-state index in [4.69, 9.17) is 0 Å². The van der Waals surface area contributed by atoms with Gasteiger partial charge in [0.1, 0.15) is 0 Å². The molecule has 3 aromatic rings. The van der Waals surface area contributed by atoms with Gasteiger partial charge in [-0.25, -0.2) is 0 Å². The summed E-state index contributed by atoms with van der Waals surface area (Å²) in [5, 5.41) is 1.59. The lowest BCUT2D eigenvalue weighted by molar-refractivity contribution is 1.28. The Labute approximate surface area is 105 Å². The summed E-state index contributed by atoms with van der Waals surface area (Å²) >= 11 is 0. The van der Waals surface area contributed by atoms with Gasteiger partial charge in [0.25, 0.3) is 5.56 Å². The van der Waals surface area contributed by atoms with Crippen molar-refractivity contribution in [3.8, 4) is 0 Å². The molecule has 2 heterocycles. The van der Waals surface area contributed by atoms with Gasteiger partial charge in [-0.15, -0.1) is 0 Å². The Morgan fingerprint density at radius 1 is 1.11 bits per heavy atom. The molecule has 0 amide bonds. The van der Waals surface area contributed by atoms with Gasteiger partial charge < -0.3 is 4.98 Å². The van der Waals surface area contributed by atoms with Crippen LogP contribution in [0.1, 0.15) is 19.4 Å². The van der Waals surface area contributed by atoms with Gasteiger partial charge in [-0.05, 0) is 24.6 Å². The number of pyridine rings is 2. The summed E-state index contributed by atoms with van der Waals surface area (Å²) in [4.78, 5) is 19.1. The van der Waals surface area contributed by atoms with Gasteiger partial charge >= 0.3 is 0 Å². The molecule has 18 heavy (non-hydrogen) atoms. The molecule has 0 aliphatic carbocycles. The third-order valence-corrected chi connectivity index (χ3v) is 2.70. The molecule has 0 aliphatic heterocycles. The van der Waals surface area contributed by atoms with Crippen LogP contribution in [-0.2, 0) is 0 Å². The Kier molecular flexibility index (Phi) is 3.42. The minimum absolute atomic E-state index is 0.0597. The summed E-state index contributed by atoms with van der Waals surface area (Å²) in [6.45, 7) is 5.96. The summed E-state index contributed by atoms with van der Waals surface area (Å²) < 4.78 is 0. The smallest absolute Gasteiger partial charge is 0.256 e. The van der Waals surface area contributed by atoms with Crippen molar-refractivity contribution in [2.45, 2.75) is 20.8 Å². The van der Waals surface area contributed by atoms with Gasteiger partial charge in [-0.2, -0.15) is 0 Å². The number of aryl methyl sites for hydroxylation is 1. The monoisotopic (exact) mass is 240 g/mol. The number of rotatable bonds is 0. The lowest BCUT2D eigenvalue weighted by Crippen LogP contribution is -2.06. The Hall–Kier alpha value is -2.16. The molecular weight excluding hydrogens is 224 g/mol. The standard InChI is InChI=1S/C13H10N2O.C2H6/c1-8-6-11-12(14-7-8)9-4-2-3-5-10(9)13(16)15-11;1-2/h2-7H,1H3,(H,15,16);1-2H3. The second-order valence-corrected chi connectivity index (χ2v) is 3.91. The number of hydrogen-bond acceptors (Lipinski definition) is 2. The molecule has 0 bridgehead atoms. The molecule has 3 rings (SSSR count). The predicted octanol–water partition coefficient (Wildman–Crippen LogP) is 3.41. The summed E-state index contributed by atoms with van der Waals surface area (Å²) in [5.41, 5.74) is 2.62. The van der Waals surface area contributed by atoms with Crippen LogP contribution in [0.15, 0.2) is 41.3 Å². The molecule has 0 radical (unpaired) electrons. The van der Waals surface area contributed by atoms with Gasteiger partial charge in [-0.1, -0.05) is 32.0 Å². The van der Waals surface area contributed by atoms with Gasteiger partial charge in [0.05, 0.1) is 11.0 Å². The van der Waals surface area contributed by atoms with Crippen LogP contribution in [0.3, 0.4) is 0 Å². The van der Waals surface area contributed by atoms with Crippen molar-refractivity contribution in [2.24, 2.45) is 0 Å². The molecule has 1 aromatic carbocycles. The zero-order valence-electron chi connectivity index (χ0n) is 10.8. The number of aromatic nitrogens is 2. The first-order valence-electron chi connectivity index (χ1n) is 6.13. The lowest BCUT2D eigenvalue weighted by Gasteiger charge is -2.02. The summed E-state index contributed by atoms with van der Waals surface area (Å²) in [6, 6.07) is 9.46. The van der Waals surface area contributed by atoms with E-state index in [0.29, 0.717) is 5.39 Å². The van der Waals surface area contributed by atoms with E-state index in [0.717, 1.165) is 22.0 Å². The molecule has 0 unspecified atom stereocenters. The van der Waals surface area contributed by atoms with Crippen LogP contribution >= 0.6 is 0 Å². The van der Waals surface area contributed by atoms with E-state index >= 15 is 0 Å². The zero-order chi connectivity index (χ0) is 13.1. The Balaban J connectivity index is 0.000000574. The molecule has 0 atom stereocenters. The van der Waals surface area contributed by atoms with Crippen molar-refractivity contribution in [2.75, 3.05) is 0 Å². The molecule has 1 N–H and O–H groups in total. The fourth-order valence-electron chi connectivity index (χ4n) is 1.96. The van der Waals surface area contributed by atoms with Gasteiger partial charge in [0.2, 0.25) is 0 Å². The van der Waals surface area contributed by atoms with E-state index in [2.05, 4.69) is 9.97 Å². The fourth-order valence-corrected chi connectivity index (χ4v) is 1.96. The van der Waals surface area contributed by atoms with E-state index in [1.54, 1.807) is 0 Å². The normalized spacial score (nSPS) is 10.2. The molecular formula is C15H16N2O. The molecule has 0 saturated carbocycles. The van der Waals surface area contributed by atoms with Crippen LogP contribution in [0.5, 0.6) is 0 Å². The van der Waals surface area contributed by atoms with Gasteiger partial charge in [0.15, 0.2) is 0 Å². The third-order valence-electron chi connectivity index (χ3n) is 2.70. The SMILES string of the molecule is CC.Cc1cnc2c(c1)[nH]c(=O)c1ccccc12. The second-order valence-electron chi connectivity index (χ2n) is 3.91. The van der Waals surface area contributed by atoms with Gasteiger partial charge in [-0.3, -0.25) is 9.78 Å². The third kappa shape index (κ3) is 1.99. The molecule has 0 aliphatic rings. The Morgan fingerprint density at radius 2 is 1.78 bits per heavy atom. The van der Waals surface area contributed by atoms with Crippen LogP contribution in [0.4, 0.5) is 0 Å². The lowest BCUT2D eigenvalue weighted by atomic mass is 10.1.